The number of hydrogen-bond acceptors (Lipinski definition) is 5. The van der Waals surface area contributed by atoms with Gasteiger partial charge < -0.3 is 14.6 Å². The van der Waals surface area contributed by atoms with E-state index in [1.807, 2.05) is 4.90 Å². The van der Waals surface area contributed by atoms with Crippen LogP contribution >= 0.6 is 0 Å². The molecule has 2 aliphatic rings. The van der Waals surface area contributed by atoms with Crippen LogP contribution in [0.3, 0.4) is 0 Å². The summed E-state index contributed by atoms with van der Waals surface area (Å²) in [6.45, 7) is 8.27. The Bertz CT molecular complexity index is 637. The molecule has 1 aromatic heterocycles. The van der Waals surface area contributed by atoms with Gasteiger partial charge in [-0.2, -0.15) is 0 Å². The maximum absolute atomic E-state index is 12.6. The number of carbonyl (C=O) groups is 1. The van der Waals surface area contributed by atoms with Crippen molar-refractivity contribution in [1.82, 2.24) is 19.8 Å². The number of carbonyl (C=O) groups excluding carboxylic acids is 1. The average molecular weight is 348 g/mol. The van der Waals surface area contributed by atoms with Gasteiger partial charge in [0.2, 0.25) is 5.91 Å². The van der Waals surface area contributed by atoms with Crippen molar-refractivity contribution >= 4 is 5.91 Å². The Morgan fingerprint density at radius 3 is 2.80 bits per heavy atom. The van der Waals surface area contributed by atoms with E-state index in [0.29, 0.717) is 19.1 Å². The van der Waals surface area contributed by atoms with Crippen molar-refractivity contribution in [3.63, 3.8) is 0 Å². The van der Waals surface area contributed by atoms with Crippen LogP contribution in [-0.2, 0) is 9.53 Å². The Morgan fingerprint density at radius 1 is 1.36 bits per heavy atom. The normalized spacial score (nSPS) is 23.2. The molecule has 3 heterocycles. The minimum Gasteiger partial charge on any atom is -0.375 e. The molecule has 1 atom stereocenters. The number of amides is 1. The third kappa shape index (κ3) is 4.67. The van der Waals surface area contributed by atoms with Gasteiger partial charge in [-0.15, -0.1) is 0 Å². The highest BCUT2D eigenvalue weighted by molar-refractivity contribution is 5.76. The quantitative estimate of drug-likeness (QED) is 0.877. The molecule has 2 aliphatic heterocycles. The molecule has 138 valence electrons. The maximum Gasteiger partial charge on any atom is 0.250 e. The molecule has 1 unspecified atom stereocenters. The lowest BCUT2D eigenvalue weighted by Gasteiger charge is -2.37. The summed E-state index contributed by atoms with van der Waals surface area (Å²) in [5, 5.41) is 0. The van der Waals surface area contributed by atoms with E-state index in [-0.39, 0.29) is 23.5 Å². The molecule has 0 saturated carbocycles. The lowest BCUT2D eigenvalue weighted by molar-refractivity contribution is -0.137. The van der Waals surface area contributed by atoms with Gasteiger partial charge in [0.15, 0.2) is 0 Å². The molecule has 1 amide bonds. The zero-order valence-electron chi connectivity index (χ0n) is 15.1. The number of morpholine rings is 1. The second kappa shape index (κ2) is 8.10. The number of hydrogen-bond donors (Lipinski definition) is 1. The standard InChI is InChI=1S/C18H28N4O3/c1-13(2)22-7-8-25-15(11-22)9-18(24)21-5-3-14(4-6-21)16-10-17(23)20-12-19-16/h10,12-15H,3-9,11H2,1-2H3,(H,19,20,23). The first-order chi connectivity index (χ1) is 12.0. The summed E-state index contributed by atoms with van der Waals surface area (Å²) in [7, 11) is 0. The number of likely N-dealkylation sites (tertiary alicyclic amines) is 1. The van der Waals surface area contributed by atoms with Crippen molar-refractivity contribution in [2.75, 3.05) is 32.8 Å². The van der Waals surface area contributed by atoms with Crippen LogP contribution in [0.15, 0.2) is 17.2 Å². The number of H-pyrrole nitrogens is 1. The molecule has 2 fully saturated rings. The smallest absolute Gasteiger partial charge is 0.250 e. The SMILES string of the molecule is CC(C)N1CCOC(CC(=O)N2CCC(c3cc(=O)[nH]cn3)CC2)C1. The van der Waals surface area contributed by atoms with E-state index in [1.165, 1.54) is 6.33 Å². The van der Waals surface area contributed by atoms with Crippen molar-refractivity contribution in [2.45, 2.75) is 51.2 Å². The van der Waals surface area contributed by atoms with Crippen LogP contribution in [0.1, 0.15) is 44.7 Å². The number of nitrogens with zero attached hydrogens (tertiary/aromatic N) is 3. The molecule has 0 radical (unpaired) electrons. The molecule has 1 N–H and O–H groups in total. The summed E-state index contributed by atoms with van der Waals surface area (Å²) >= 11 is 0. The van der Waals surface area contributed by atoms with Crippen LogP contribution in [0.2, 0.25) is 0 Å². The summed E-state index contributed by atoms with van der Waals surface area (Å²) < 4.78 is 5.79. The molecule has 25 heavy (non-hydrogen) atoms. The van der Waals surface area contributed by atoms with Crippen molar-refractivity contribution in [1.29, 1.82) is 0 Å². The first-order valence-electron chi connectivity index (χ1n) is 9.21. The largest absolute Gasteiger partial charge is 0.375 e. The number of aromatic nitrogens is 2. The van der Waals surface area contributed by atoms with Gasteiger partial charge in [-0.25, -0.2) is 4.98 Å². The molecular formula is C18H28N4O3. The molecule has 0 spiro atoms. The van der Waals surface area contributed by atoms with E-state index in [2.05, 4.69) is 28.7 Å². The highest BCUT2D eigenvalue weighted by Gasteiger charge is 2.29. The Labute approximate surface area is 148 Å². The van der Waals surface area contributed by atoms with Crippen molar-refractivity contribution in [3.8, 4) is 0 Å². The summed E-state index contributed by atoms with van der Waals surface area (Å²) in [5.74, 6) is 0.432. The molecule has 3 rings (SSSR count). The topological polar surface area (TPSA) is 78.5 Å². The molecule has 7 heteroatoms. The average Bonchev–Trinajstić information content (AvgIpc) is 2.62. The fourth-order valence-corrected chi connectivity index (χ4v) is 3.69. The minimum absolute atomic E-state index is 0.00396. The zero-order valence-corrected chi connectivity index (χ0v) is 15.1. The van der Waals surface area contributed by atoms with Crippen molar-refractivity contribution < 1.29 is 9.53 Å². The molecule has 0 bridgehead atoms. The van der Waals surface area contributed by atoms with Crippen LogP contribution in [0, 0.1) is 0 Å². The highest BCUT2D eigenvalue weighted by Crippen LogP contribution is 2.26. The van der Waals surface area contributed by atoms with Crippen LogP contribution in [0.25, 0.3) is 0 Å². The Hall–Kier alpha value is -1.73. The van der Waals surface area contributed by atoms with Gasteiger partial charge in [-0.05, 0) is 26.7 Å². The lowest BCUT2D eigenvalue weighted by Crippen LogP contribution is -2.48. The zero-order chi connectivity index (χ0) is 17.8. The van der Waals surface area contributed by atoms with Crippen LogP contribution in [0.4, 0.5) is 0 Å². The predicted molar refractivity (Wildman–Crippen MR) is 94.5 cm³/mol. The van der Waals surface area contributed by atoms with Crippen LogP contribution in [-0.4, -0.2) is 70.6 Å². The van der Waals surface area contributed by atoms with E-state index in [9.17, 15) is 9.59 Å². The van der Waals surface area contributed by atoms with Gasteiger partial charge in [-0.1, -0.05) is 0 Å². The fraction of sp³-hybridized carbons (Fsp3) is 0.722. The predicted octanol–water partition coefficient (Wildman–Crippen LogP) is 0.975. The first-order valence-corrected chi connectivity index (χ1v) is 9.21. The number of piperidine rings is 1. The summed E-state index contributed by atoms with van der Waals surface area (Å²) in [6, 6.07) is 2.05. The van der Waals surface area contributed by atoms with Gasteiger partial charge in [0, 0.05) is 44.2 Å². The fourth-order valence-electron chi connectivity index (χ4n) is 3.69. The number of aromatic amines is 1. The Morgan fingerprint density at radius 2 is 2.12 bits per heavy atom. The molecule has 1 aromatic rings. The molecular weight excluding hydrogens is 320 g/mol. The van der Waals surface area contributed by atoms with Gasteiger partial charge in [0.05, 0.1) is 31.2 Å². The van der Waals surface area contributed by atoms with Crippen molar-refractivity contribution in [3.05, 3.63) is 28.4 Å². The summed E-state index contributed by atoms with van der Waals surface area (Å²) in [4.78, 5) is 35.1. The first kappa shape index (κ1) is 18.1. The van der Waals surface area contributed by atoms with E-state index in [0.717, 1.165) is 44.7 Å². The van der Waals surface area contributed by atoms with E-state index in [4.69, 9.17) is 4.74 Å². The third-order valence-electron chi connectivity index (χ3n) is 5.27. The second-order valence-electron chi connectivity index (χ2n) is 7.28. The summed E-state index contributed by atoms with van der Waals surface area (Å²) in [5.41, 5.74) is 0.715. The van der Waals surface area contributed by atoms with Gasteiger partial charge in [0.1, 0.15) is 0 Å². The minimum atomic E-state index is -0.118. The highest BCUT2D eigenvalue weighted by atomic mass is 16.5. The molecule has 2 saturated heterocycles. The monoisotopic (exact) mass is 348 g/mol. The molecule has 7 nitrogen and oxygen atoms in total. The van der Waals surface area contributed by atoms with E-state index < -0.39 is 0 Å². The van der Waals surface area contributed by atoms with Crippen LogP contribution in [0.5, 0.6) is 0 Å². The van der Waals surface area contributed by atoms with Crippen LogP contribution < -0.4 is 5.56 Å². The number of rotatable bonds is 4. The number of ether oxygens (including phenoxy) is 1. The van der Waals surface area contributed by atoms with Gasteiger partial charge in [0.25, 0.3) is 5.56 Å². The van der Waals surface area contributed by atoms with E-state index in [1.54, 1.807) is 6.07 Å². The lowest BCUT2D eigenvalue weighted by atomic mass is 9.93. The van der Waals surface area contributed by atoms with E-state index >= 15 is 0 Å². The van der Waals surface area contributed by atoms with Crippen molar-refractivity contribution in [2.24, 2.45) is 0 Å². The molecule has 0 aliphatic carbocycles. The maximum atomic E-state index is 12.6. The second-order valence-corrected chi connectivity index (χ2v) is 7.28. The van der Waals surface area contributed by atoms with Gasteiger partial charge in [-0.3, -0.25) is 14.5 Å². The third-order valence-corrected chi connectivity index (χ3v) is 5.27. The summed E-state index contributed by atoms with van der Waals surface area (Å²) in [6.07, 6.45) is 3.61. The Balaban J connectivity index is 1.49. The Kier molecular flexibility index (Phi) is 5.86. The molecule has 0 aromatic carbocycles. The van der Waals surface area contributed by atoms with Gasteiger partial charge >= 0.3 is 0 Å². The number of nitrogens with one attached hydrogen (secondary N) is 1.